The van der Waals surface area contributed by atoms with Gasteiger partial charge in [0.2, 0.25) is 0 Å². The van der Waals surface area contributed by atoms with Crippen LogP contribution in [0.1, 0.15) is 0 Å². The zero-order valence-electron chi connectivity index (χ0n) is 30.6. The van der Waals surface area contributed by atoms with Crippen LogP contribution in [0.15, 0.2) is 218 Å². The summed E-state index contributed by atoms with van der Waals surface area (Å²) < 4.78 is 15.4. The smallest absolute Gasteiger partial charge is 0.147 e. The van der Waals surface area contributed by atoms with Crippen LogP contribution in [-0.2, 0) is 0 Å². The molecule has 0 saturated carbocycles. The van der Waals surface area contributed by atoms with Crippen LogP contribution in [-0.4, -0.2) is 0 Å². The van der Waals surface area contributed by atoms with Crippen LogP contribution >= 0.6 is 0 Å². The fourth-order valence-corrected chi connectivity index (χ4v) is 8.30. The molecule has 0 bridgehead atoms. The molecule has 264 valence electrons. The summed E-state index contributed by atoms with van der Waals surface area (Å²) in [6.45, 7) is 0. The zero-order valence-corrected chi connectivity index (χ0v) is 30.6. The van der Waals surface area contributed by atoms with Gasteiger partial charge in [0, 0.05) is 11.4 Å². The van der Waals surface area contributed by atoms with E-state index < -0.39 is 0 Å². The summed E-state index contributed by atoms with van der Waals surface area (Å²) >= 11 is 0. The molecule has 1 nitrogen and oxygen atoms in total. The monoisotopic (exact) mass is 717 g/mol. The molecule has 0 aliphatic rings. The predicted molar refractivity (Wildman–Crippen MR) is 235 cm³/mol. The number of benzene rings is 10. The van der Waals surface area contributed by atoms with E-state index in [1.807, 2.05) is 35.2 Å². The lowest BCUT2D eigenvalue weighted by atomic mass is 9.84. The van der Waals surface area contributed by atoms with Crippen LogP contribution in [0.5, 0.6) is 0 Å². The van der Waals surface area contributed by atoms with Crippen LogP contribution in [0.3, 0.4) is 0 Å². The summed E-state index contributed by atoms with van der Waals surface area (Å²) in [7, 11) is 0. The fourth-order valence-electron chi connectivity index (χ4n) is 8.30. The topological polar surface area (TPSA) is 3.24 Å². The lowest BCUT2D eigenvalue weighted by Gasteiger charge is -2.26. The van der Waals surface area contributed by atoms with Crippen LogP contribution in [0.4, 0.5) is 21.5 Å². The van der Waals surface area contributed by atoms with Gasteiger partial charge in [0.1, 0.15) is 5.82 Å². The Hall–Kier alpha value is -7.29. The van der Waals surface area contributed by atoms with Crippen molar-refractivity contribution in [2.75, 3.05) is 4.90 Å². The molecule has 10 rings (SSSR count). The summed E-state index contributed by atoms with van der Waals surface area (Å²) in [5.74, 6) is -0.274. The molecule has 0 N–H and O–H groups in total. The second-order valence-corrected chi connectivity index (χ2v) is 14.2. The highest BCUT2D eigenvalue weighted by molar-refractivity contribution is 6.23. The Morgan fingerprint density at radius 2 is 0.696 bits per heavy atom. The summed E-state index contributed by atoms with van der Waals surface area (Å²) in [5.41, 5.74) is 11.7. The molecule has 10 aromatic carbocycles. The molecular formula is C54H36FN. The summed E-state index contributed by atoms with van der Waals surface area (Å²) in [6, 6.07) is 75.8. The van der Waals surface area contributed by atoms with Crippen molar-refractivity contribution < 1.29 is 4.39 Å². The first kappa shape index (κ1) is 33.3. The quantitative estimate of drug-likeness (QED) is 0.148. The van der Waals surface area contributed by atoms with Crippen molar-refractivity contribution in [2.45, 2.75) is 0 Å². The first-order valence-electron chi connectivity index (χ1n) is 19.0. The summed E-state index contributed by atoms with van der Waals surface area (Å²) in [6.07, 6.45) is 0. The van der Waals surface area contributed by atoms with E-state index in [0.29, 0.717) is 5.69 Å². The fraction of sp³-hybridized carbons (Fsp3) is 0. The SMILES string of the molecule is Fc1ccccc1N(c1ccc(-c2ccccc2)cc1)c1ccc(-c2ccc(-c3c4ccccc4c(-c4cccc5ccccc45)c4ccccc34)cc2)cc1. The largest absolute Gasteiger partial charge is 0.308 e. The van der Waals surface area contributed by atoms with Gasteiger partial charge >= 0.3 is 0 Å². The summed E-state index contributed by atoms with van der Waals surface area (Å²) in [5, 5.41) is 7.44. The number of halogens is 1. The van der Waals surface area contributed by atoms with E-state index in [4.69, 9.17) is 0 Å². The van der Waals surface area contributed by atoms with Crippen LogP contribution in [0.25, 0.3) is 76.8 Å². The molecule has 0 atom stereocenters. The van der Waals surface area contributed by atoms with Gasteiger partial charge < -0.3 is 4.90 Å². The van der Waals surface area contributed by atoms with E-state index in [1.54, 1.807) is 6.07 Å². The minimum Gasteiger partial charge on any atom is -0.308 e. The lowest BCUT2D eigenvalue weighted by Crippen LogP contribution is -2.11. The molecule has 10 aromatic rings. The third-order valence-electron chi connectivity index (χ3n) is 10.9. The number of hydrogen-bond donors (Lipinski definition) is 0. The number of para-hydroxylation sites is 1. The van der Waals surface area contributed by atoms with Crippen molar-refractivity contribution in [1.29, 1.82) is 0 Å². The first-order chi connectivity index (χ1) is 27.7. The van der Waals surface area contributed by atoms with E-state index >= 15 is 4.39 Å². The standard InChI is InChI=1S/C54H36FN/c55-51-23-10-11-24-52(51)56(43-33-29-39(30-34-43)37-13-2-1-3-14-37)44-35-31-40(32-36-44)38-25-27-42(28-26-38)53-47-18-6-8-20-49(47)54(50-21-9-7-19-48(50)53)46-22-12-16-41-15-4-5-17-45(41)46/h1-36H. The van der Waals surface area contributed by atoms with Crippen molar-refractivity contribution >= 4 is 49.4 Å². The number of anilines is 3. The van der Waals surface area contributed by atoms with Crippen molar-refractivity contribution in [1.82, 2.24) is 0 Å². The van der Waals surface area contributed by atoms with Gasteiger partial charge in [-0.3, -0.25) is 0 Å². The van der Waals surface area contributed by atoms with Gasteiger partial charge in [-0.2, -0.15) is 0 Å². The molecule has 0 spiro atoms. The van der Waals surface area contributed by atoms with Gasteiger partial charge in [-0.15, -0.1) is 0 Å². The Morgan fingerprint density at radius 3 is 1.27 bits per heavy atom. The molecule has 0 heterocycles. The van der Waals surface area contributed by atoms with Crippen LogP contribution < -0.4 is 4.90 Å². The highest BCUT2D eigenvalue weighted by Gasteiger charge is 2.19. The average molecular weight is 718 g/mol. The number of nitrogens with zero attached hydrogens (tertiary/aromatic N) is 1. The second kappa shape index (κ2) is 14.2. The third kappa shape index (κ3) is 5.89. The Labute approximate surface area is 326 Å². The average Bonchev–Trinajstić information content (AvgIpc) is 3.27. The molecule has 0 fully saturated rings. The lowest BCUT2D eigenvalue weighted by molar-refractivity contribution is 0.629. The number of hydrogen-bond acceptors (Lipinski definition) is 1. The van der Waals surface area contributed by atoms with Crippen LogP contribution in [0.2, 0.25) is 0 Å². The highest BCUT2D eigenvalue weighted by atomic mass is 19.1. The normalized spacial score (nSPS) is 11.3. The third-order valence-corrected chi connectivity index (χ3v) is 10.9. The Kier molecular flexibility index (Phi) is 8.42. The molecule has 0 aliphatic heterocycles. The first-order valence-corrected chi connectivity index (χ1v) is 19.0. The van der Waals surface area contributed by atoms with E-state index in [9.17, 15) is 0 Å². The Bertz CT molecular complexity index is 2940. The minimum absolute atomic E-state index is 0.274. The molecule has 0 amide bonds. The zero-order chi connectivity index (χ0) is 37.4. The van der Waals surface area contributed by atoms with Gasteiger partial charge in [-0.25, -0.2) is 4.39 Å². The van der Waals surface area contributed by atoms with Gasteiger partial charge in [-0.05, 0) is 113 Å². The van der Waals surface area contributed by atoms with Crippen molar-refractivity contribution in [2.24, 2.45) is 0 Å². The van der Waals surface area contributed by atoms with Crippen molar-refractivity contribution in [3.63, 3.8) is 0 Å². The molecule has 0 unspecified atom stereocenters. The van der Waals surface area contributed by atoms with Gasteiger partial charge in [0.05, 0.1) is 5.69 Å². The number of fused-ring (bicyclic) bond motifs is 3. The highest BCUT2D eigenvalue weighted by Crippen LogP contribution is 2.45. The molecule has 0 aromatic heterocycles. The van der Waals surface area contributed by atoms with E-state index in [2.05, 4.69) is 176 Å². The molecule has 2 heteroatoms. The maximum atomic E-state index is 15.4. The summed E-state index contributed by atoms with van der Waals surface area (Å²) in [4.78, 5) is 1.98. The van der Waals surface area contributed by atoms with E-state index in [1.165, 1.54) is 60.6 Å². The maximum Gasteiger partial charge on any atom is 0.147 e. The van der Waals surface area contributed by atoms with Gasteiger partial charge in [0.25, 0.3) is 0 Å². The molecule has 0 aliphatic carbocycles. The Morgan fingerprint density at radius 1 is 0.286 bits per heavy atom. The predicted octanol–water partition coefficient (Wildman–Crippen LogP) is 15.4. The Balaban J connectivity index is 1.03. The number of rotatable bonds is 7. The van der Waals surface area contributed by atoms with E-state index in [0.717, 1.165) is 33.6 Å². The minimum atomic E-state index is -0.274. The van der Waals surface area contributed by atoms with E-state index in [-0.39, 0.29) is 5.82 Å². The molecular weight excluding hydrogens is 682 g/mol. The van der Waals surface area contributed by atoms with Crippen molar-refractivity contribution in [3.8, 4) is 44.5 Å². The van der Waals surface area contributed by atoms with Crippen molar-refractivity contribution in [3.05, 3.63) is 224 Å². The molecule has 0 radical (unpaired) electrons. The van der Waals surface area contributed by atoms with Gasteiger partial charge in [0.15, 0.2) is 0 Å². The second-order valence-electron chi connectivity index (χ2n) is 14.2. The van der Waals surface area contributed by atoms with Crippen LogP contribution in [0, 0.1) is 5.82 Å². The maximum absolute atomic E-state index is 15.4. The van der Waals surface area contributed by atoms with Gasteiger partial charge in [-0.1, -0.05) is 182 Å². The molecule has 0 saturated heterocycles. The molecule has 56 heavy (non-hydrogen) atoms.